The molecule has 0 atom stereocenters. The number of aromatic amines is 1. The number of imidazole rings is 1. The lowest BCUT2D eigenvalue weighted by molar-refractivity contribution is 0.0528. The van der Waals surface area contributed by atoms with E-state index in [4.69, 9.17) is 9.47 Å². The summed E-state index contributed by atoms with van der Waals surface area (Å²) in [5, 5.41) is 5.51. The minimum atomic E-state index is -0.859. The number of hydrogen-bond donors (Lipinski definition) is 3. The van der Waals surface area contributed by atoms with Gasteiger partial charge < -0.3 is 25.1 Å². The first-order valence-corrected chi connectivity index (χ1v) is 10.6. The fraction of sp³-hybridized carbons (Fsp3) is 0.364. The molecule has 2 aromatic heterocycles. The van der Waals surface area contributed by atoms with Gasteiger partial charge in [0.1, 0.15) is 24.1 Å². The molecule has 0 saturated heterocycles. The molecule has 180 valence electrons. The molecule has 0 spiro atoms. The first kappa shape index (κ1) is 24.6. The SMILES string of the molecule is CC(C)(C)OC(=O)NCCNCC(=O)n1cnc2nc[nH]c2c1=NC(=O)OCc1ccccc1. The summed E-state index contributed by atoms with van der Waals surface area (Å²) < 4.78 is 11.5. The second-order valence-electron chi connectivity index (χ2n) is 8.19. The summed E-state index contributed by atoms with van der Waals surface area (Å²) in [5.41, 5.74) is 0.858. The van der Waals surface area contributed by atoms with Crippen molar-refractivity contribution in [2.45, 2.75) is 33.0 Å². The standard InChI is InChI=1S/C22H27N7O5/c1-22(2,3)34-20(31)24-10-9-23-11-16(30)29-14-27-18-17(25-13-26-18)19(29)28-21(32)33-12-15-7-5-4-6-8-15/h4-8,13-14,23H,9-12H2,1-3H3,(H,24,31)(H,25,26). The maximum absolute atomic E-state index is 12.8. The van der Waals surface area contributed by atoms with Crippen molar-refractivity contribution < 1.29 is 23.9 Å². The van der Waals surface area contributed by atoms with Gasteiger partial charge in [-0.1, -0.05) is 30.3 Å². The lowest BCUT2D eigenvalue weighted by Crippen LogP contribution is -2.40. The fourth-order valence-electron chi connectivity index (χ4n) is 2.82. The predicted molar refractivity (Wildman–Crippen MR) is 122 cm³/mol. The number of amides is 2. The van der Waals surface area contributed by atoms with Crippen LogP contribution >= 0.6 is 0 Å². The molecule has 0 fully saturated rings. The molecule has 0 aliphatic carbocycles. The van der Waals surface area contributed by atoms with Gasteiger partial charge in [0.15, 0.2) is 11.1 Å². The molecule has 0 aliphatic heterocycles. The maximum atomic E-state index is 12.8. The van der Waals surface area contributed by atoms with E-state index in [1.165, 1.54) is 12.7 Å². The molecule has 3 N–H and O–H groups in total. The Labute approximate surface area is 195 Å². The van der Waals surface area contributed by atoms with E-state index < -0.39 is 23.7 Å². The minimum absolute atomic E-state index is 0.0271. The first-order valence-electron chi connectivity index (χ1n) is 10.6. The van der Waals surface area contributed by atoms with Crippen LogP contribution in [0.2, 0.25) is 0 Å². The van der Waals surface area contributed by atoms with E-state index in [0.29, 0.717) is 17.7 Å². The largest absolute Gasteiger partial charge is 0.444 e. The molecule has 0 saturated carbocycles. The summed E-state index contributed by atoms with van der Waals surface area (Å²) >= 11 is 0. The molecule has 12 nitrogen and oxygen atoms in total. The maximum Gasteiger partial charge on any atom is 0.436 e. The van der Waals surface area contributed by atoms with Gasteiger partial charge in [-0.05, 0) is 26.3 Å². The highest BCUT2D eigenvalue weighted by molar-refractivity contribution is 5.83. The molecule has 2 heterocycles. The molecule has 0 bridgehead atoms. The summed E-state index contributed by atoms with van der Waals surface area (Å²) in [6.07, 6.45) is 1.23. The molecule has 0 radical (unpaired) electrons. The van der Waals surface area contributed by atoms with E-state index in [1.807, 2.05) is 30.3 Å². The fourth-order valence-corrected chi connectivity index (χ4v) is 2.82. The van der Waals surface area contributed by atoms with E-state index >= 15 is 0 Å². The number of H-pyrrole nitrogens is 1. The molecule has 12 heteroatoms. The summed E-state index contributed by atoms with van der Waals surface area (Å²) in [4.78, 5) is 51.7. The van der Waals surface area contributed by atoms with Crippen LogP contribution < -0.4 is 16.1 Å². The molecular weight excluding hydrogens is 442 g/mol. The Bertz CT molecular complexity index is 1210. The van der Waals surface area contributed by atoms with Crippen molar-refractivity contribution in [1.29, 1.82) is 0 Å². The third kappa shape index (κ3) is 7.24. The summed E-state index contributed by atoms with van der Waals surface area (Å²) in [7, 11) is 0. The first-order chi connectivity index (χ1) is 16.2. The average Bonchev–Trinajstić information content (AvgIpc) is 3.26. The number of rotatable bonds is 7. The lowest BCUT2D eigenvalue weighted by atomic mass is 10.2. The summed E-state index contributed by atoms with van der Waals surface area (Å²) in [6.45, 7) is 5.83. The third-order valence-corrected chi connectivity index (χ3v) is 4.28. The number of nitrogens with zero attached hydrogens (tertiary/aromatic N) is 4. The molecule has 0 aliphatic rings. The van der Waals surface area contributed by atoms with Crippen LogP contribution in [-0.4, -0.2) is 62.8 Å². The van der Waals surface area contributed by atoms with Crippen molar-refractivity contribution in [3.63, 3.8) is 0 Å². The second-order valence-corrected chi connectivity index (χ2v) is 8.19. The van der Waals surface area contributed by atoms with Gasteiger partial charge in [-0.15, -0.1) is 0 Å². The van der Waals surface area contributed by atoms with Gasteiger partial charge in [0.2, 0.25) is 5.91 Å². The van der Waals surface area contributed by atoms with E-state index in [2.05, 4.69) is 30.6 Å². The van der Waals surface area contributed by atoms with Gasteiger partial charge in [0.25, 0.3) is 0 Å². The van der Waals surface area contributed by atoms with Crippen LogP contribution in [0.25, 0.3) is 11.2 Å². The lowest BCUT2D eigenvalue weighted by Gasteiger charge is -2.19. The Kier molecular flexibility index (Phi) is 8.09. The third-order valence-electron chi connectivity index (χ3n) is 4.28. The number of aromatic nitrogens is 4. The van der Waals surface area contributed by atoms with Crippen LogP contribution in [-0.2, 0) is 16.1 Å². The van der Waals surface area contributed by atoms with Crippen LogP contribution in [0.15, 0.2) is 48.0 Å². The number of nitrogens with one attached hydrogen (secondary N) is 3. The Morgan fingerprint density at radius 1 is 1.12 bits per heavy atom. The van der Waals surface area contributed by atoms with E-state index in [1.54, 1.807) is 20.8 Å². The normalized spacial score (nSPS) is 11.9. The monoisotopic (exact) mass is 469 g/mol. The van der Waals surface area contributed by atoms with Crippen LogP contribution in [0, 0.1) is 0 Å². The molecular formula is C22H27N7O5. The molecule has 0 unspecified atom stereocenters. The van der Waals surface area contributed by atoms with Gasteiger partial charge >= 0.3 is 12.2 Å². The van der Waals surface area contributed by atoms with E-state index in [-0.39, 0.29) is 25.2 Å². The summed E-state index contributed by atoms with van der Waals surface area (Å²) in [5.74, 6) is -0.420. The van der Waals surface area contributed by atoms with Gasteiger partial charge in [-0.3, -0.25) is 9.36 Å². The zero-order valence-corrected chi connectivity index (χ0v) is 19.2. The van der Waals surface area contributed by atoms with Crippen LogP contribution in [0.5, 0.6) is 0 Å². The number of carbonyl (C=O) groups is 3. The number of alkyl carbamates (subject to hydrolysis) is 1. The number of ether oxygens (including phenoxy) is 2. The van der Waals surface area contributed by atoms with Crippen molar-refractivity contribution in [3.05, 3.63) is 54.0 Å². The highest BCUT2D eigenvalue weighted by atomic mass is 16.6. The molecule has 3 rings (SSSR count). The van der Waals surface area contributed by atoms with Crippen molar-refractivity contribution >= 4 is 29.3 Å². The van der Waals surface area contributed by atoms with Gasteiger partial charge in [-0.25, -0.2) is 19.6 Å². The zero-order valence-electron chi connectivity index (χ0n) is 19.2. The molecule has 34 heavy (non-hydrogen) atoms. The van der Waals surface area contributed by atoms with Crippen LogP contribution in [0.4, 0.5) is 9.59 Å². The number of carbonyl (C=O) groups excluding carboxylic acids is 3. The number of hydrogen-bond acceptors (Lipinski definition) is 8. The number of fused-ring (bicyclic) bond motifs is 1. The van der Waals surface area contributed by atoms with Crippen molar-refractivity contribution in [3.8, 4) is 0 Å². The Hall–Kier alpha value is -4.06. The van der Waals surface area contributed by atoms with Gasteiger partial charge in [0, 0.05) is 13.1 Å². The van der Waals surface area contributed by atoms with Crippen molar-refractivity contribution in [2.24, 2.45) is 4.99 Å². The molecule has 1 aromatic carbocycles. The van der Waals surface area contributed by atoms with Crippen LogP contribution in [0.1, 0.15) is 31.1 Å². The molecule has 3 aromatic rings. The van der Waals surface area contributed by atoms with Crippen LogP contribution in [0.3, 0.4) is 0 Å². The summed E-state index contributed by atoms with van der Waals surface area (Å²) in [6, 6.07) is 9.16. The zero-order chi connectivity index (χ0) is 24.6. The second kappa shape index (κ2) is 11.2. The Balaban J connectivity index is 1.63. The minimum Gasteiger partial charge on any atom is -0.444 e. The van der Waals surface area contributed by atoms with Crippen molar-refractivity contribution in [2.75, 3.05) is 19.6 Å². The highest BCUT2D eigenvalue weighted by Gasteiger charge is 2.16. The van der Waals surface area contributed by atoms with Gasteiger partial charge in [0.05, 0.1) is 12.9 Å². The Morgan fingerprint density at radius 3 is 2.62 bits per heavy atom. The average molecular weight is 470 g/mol. The van der Waals surface area contributed by atoms with E-state index in [9.17, 15) is 14.4 Å². The predicted octanol–water partition coefficient (Wildman–Crippen LogP) is 1.75. The molecule has 2 amide bonds. The quantitative estimate of drug-likeness (QED) is 0.443. The topological polar surface area (TPSA) is 153 Å². The number of benzene rings is 1. The highest BCUT2D eigenvalue weighted by Crippen LogP contribution is 2.06. The smallest absolute Gasteiger partial charge is 0.436 e. The van der Waals surface area contributed by atoms with E-state index in [0.717, 1.165) is 10.1 Å². The van der Waals surface area contributed by atoms with Gasteiger partial charge in [-0.2, -0.15) is 4.99 Å². The van der Waals surface area contributed by atoms with Crippen molar-refractivity contribution in [1.82, 2.24) is 30.2 Å². The Morgan fingerprint density at radius 2 is 1.88 bits per heavy atom.